The second kappa shape index (κ2) is 8.26. The molecule has 1 saturated heterocycles. The summed E-state index contributed by atoms with van der Waals surface area (Å²) in [5, 5.41) is 11.5. The second-order valence-corrected chi connectivity index (χ2v) is 8.27. The minimum Gasteiger partial charge on any atom is -0.497 e. The Hall–Kier alpha value is -2.60. The first-order chi connectivity index (χ1) is 14.5. The highest BCUT2D eigenvalue weighted by Crippen LogP contribution is 2.51. The number of rotatable bonds is 4. The molecule has 2 aliphatic rings. The van der Waals surface area contributed by atoms with Crippen LogP contribution in [-0.4, -0.2) is 42.3 Å². The Kier molecular flexibility index (Phi) is 5.69. The first-order valence-electron chi connectivity index (χ1n) is 10.5. The molecular formula is C24H28FNO4. The van der Waals surface area contributed by atoms with Crippen molar-refractivity contribution < 1.29 is 23.8 Å². The molecule has 0 radical (unpaired) electrons. The fourth-order valence-electron chi connectivity index (χ4n) is 5.15. The molecule has 4 rings (SSSR count). The number of hydrogen-bond donors (Lipinski definition) is 1. The molecule has 2 fully saturated rings. The number of fused-ring (bicyclic) bond motifs is 1. The zero-order chi connectivity index (χ0) is 21.3. The van der Waals surface area contributed by atoms with Crippen molar-refractivity contribution >= 4 is 5.91 Å². The van der Waals surface area contributed by atoms with E-state index in [1.54, 1.807) is 31.3 Å². The standard InChI is InChI=1S/C24H28FNO4/c1-29-18-9-10-21(30-2)19(15-18)22-20-8-3-4-11-24(20,28)12-13-26(22)23(27)16-6-5-7-17(25)14-16/h5-7,9-10,14-15,20,22,28H,3-4,8,11-13H2,1-2H3/t20-,22+,24-/m1/s1. The van der Waals surface area contributed by atoms with Gasteiger partial charge in [-0.15, -0.1) is 0 Å². The molecule has 0 spiro atoms. The Morgan fingerprint density at radius 1 is 1.13 bits per heavy atom. The van der Waals surface area contributed by atoms with Gasteiger partial charge in [-0.1, -0.05) is 18.9 Å². The van der Waals surface area contributed by atoms with E-state index in [9.17, 15) is 14.3 Å². The summed E-state index contributed by atoms with van der Waals surface area (Å²) in [6.07, 6.45) is 4.03. The molecule has 1 aliphatic heterocycles. The number of aliphatic hydroxyl groups is 1. The first-order valence-corrected chi connectivity index (χ1v) is 10.5. The van der Waals surface area contributed by atoms with Gasteiger partial charge in [0.05, 0.1) is 25.9 Å². The van der Waals surface area contributed by atoms with Gasteiger partial charge in [0.2, 0.25) is 0 Å². The Morgan fingerprint density at radius 3 is 2.70 bits per heavy atom. The number of likely N-dealkylation sites (tertiary alicyclic amines) is 1. The first kappa shape index (κ1) is 20.7. The summed E-state index contributed by atoms with van der Waals surface area (Å²) in [7, 11) is 3.19. The Bertz CT molecular complexity index is 933. The zero-order valence-electron chi connectivity index (χ0n) is 17.4. The summed E-state index contributed by atoms with van der Waals surface area (Å²) < 4.78 is 24.9. The van der Waals surface area contributed by atoms with Crippen molar-refractivity contribution in [2.45, 2.75) is 43.7 Å². The Labute approximate surface area is 176 Å². The van der Waals surface area contributed by atoms with Crippen molar-refractivity contribution in [1.82, 2.24) is 4.90 Å². The molecular weight excluding hydrogens is 385 g/mol. The third-order valence-electron chi connectivity index (χ3n) is 6.66. The van der Waals surface area contributed by atoms with Crippen molar-refractivity contribution in [1.29, 1.82) is 0 Å². The van der Waals surface area contributed by atoms with Gasteiger partial charge in [0.15, 0.2) is 0 Å². The maximum absolute atomic E-state index is 13.8. The van der Waals surface area contributed by atoms with Gasteiger partial charge in [-0.3, -0.25) is 4.79 Å². The number of ether oxygens (including phenoxy) is 2. The molecule has 6 heteroatoms. The summed E-state index contributed by atoms with van der Waals surface area (Å²) in [4.78, 5) is 15.2. The lowest BCUT2D eigenvalue weighted by atomic mass is 9.66. The van der Waals surface area contributed by atoms with Crippen LogP contribution in [0.15, 0.2) is 42.5 Å². The van der Waals surface area contributed by atoms with Crippen LogP contribution in [0.5, 0.6) is 11.5 Å². The van der Waals surface area contributed by atoms with Crippen LogP contribution in [0.1, 0.15) is 54.1 Å². The molecule has 1 heterocycles. The molecule has 5 nitrogen and oxygen atoms in total. The lowest BCUT2D eigenvalue weighted by Gasteiger charge is -2.52. The number of carbonyl (C=O) groups excluding carboxylic acids is 1. The van der Waals surface area contributed by atoms with Crippen LogP contribution >= 0.6 is 0 Å². The van der Waals surface area contributed by atoms with E-state index in [4.69, 9.17) is 9.47 Å². The summed E-state index contributed by atoms with van der Waals surface area (Å²) in [5.41, 5.74) is 0.296. The number of hydrogen-bond acceptors (Lipinski definition) is 4. The number of piperidine rings is 1. The lowest BCUT2D eigenvalue weighted by molar-refractivity contribution is -0.115. The molecule has 0 bridgehead atoms. The molecule has 2 aromatic carbocycles. The van der Waals surface area contributed by atoms with Gasteiger partial charge < -0.3 is 19.5 Å². The van der Waals surface area contributed by atoms with Crippen molar-refractivity contribution in [2.75, 3.05) is 20.8 Å². The van der Waals surface area contributed by atoms with E-state index < -0.39 is 11.4 Å². The molecule has 160 valence electrons. The van der Waals surface area contributed by atoms with Crippen LogP contribution in [0.4, 0.5) is 4.39 Å². The third-order valence-corrected chi connectivity index (χ3v) is 6.66. The van der Waals surface area contributed by atoms with Crippen LogP contribution < -0.4 is 9.47 Å². The van der Waals surface area contributed by atoms with E-state index in [-0.39, 0.29) is 17.9 Å². The summed E-state index contributed by atoms with van der Waals surface area (Å²) in [5.74, 6) is 0.500. The number of nitrogens with zero attached hydrogens (tertiary/aromatic N) is 1. The van der Waals surface area contributed by atoms with Crippen LogP contribution in [0.2, 0.25) is 0 Å². The maximum atomic E-state index is 13.8. The minimum atomic E-state index is -0.824. The number of methoxy groups -OCH3 is 2. The van der Waals surface area contributed by atoms with Gasteiger partial charge in [-0.05, 0) is 55.7 Å². The quantitative estimate of drug-likeness (QED) is 0.810. The van der Waals surface area contributed by atoms with E-state index >= 15 is 0 Å². The molecule has 1 N–H and O–H groups in total. The summed E-state index contributed by atoms with van der Waals surface area (Å²) >= 11 is 0. The molecule has 1 amide bonds. The zero-order valence-corrected chi connectivity index (χ0v) is 17.4. The van der Waals surface area contributed by atoms with Gasteiger partial charge in [-0.2, -0.15) is 0 Å². The smallest absolute Gasteiger partial charge is 0.254 e. The molecule has 1 saturated carbocycles. The molecule has 0 aromatic heterocycles. The normalized spacial score (nSPS) is 26.1. The van der Waals surface area contributed by atoms with Gasteiger partial charge in [0.1, 0.15) is 17.3 Å². The topological polar surface area (TPSA) is 59.0 Å². The highest BCUT2D eigenvalue weighted by molar-refractivity contribution is 5.94. The fourth-order valence-corrected chi connectivity index (χ4v) is 5.15. The predicted octanol–water partition coefficient (Wildman–Crippen LogP) is 4.35. The second-order valence-electron chi connectivity index (χ2n) is 8.27. The predicted molar refractivity (Wildman–Crippen MR) is 111 cm³/mol. The Balaban J connectivity index is 1.82. The van der Waals surface area contributed by atoms with E-state index in [0.717, 1.165) is 31.2 Å². The van der Waals surface area contributed by atoms with Crippen LogP contribution in [0, 0.1) is 11.7 Å². The van der Waals surface area contributed by atoms with E-state index in [0.29, 0.717) is 30.0 Å². The summed E-state index contributed by atoms with van der Waals surface area (Å²) in [6, 6.07) is 10.9. The van der Waals surface area contributed by atoms with Crippen LogP contribution in [0.25, 0.3) is 0 Å². The van der Waals surface area contributed by atoms with Gasteiger partial charge in [0.25, 0.3) is 5.91 Å². The van der Waals surface area contributed by atoms with Crippen molar-refractivity contribution in [3.8, 4) is 11.5 Å². The molecule has 1 aliphatic carbocycles. The Morgan fingerprint density at radius 2 is 1.97 bits per heavy atom. The summed E-state index contributed by atoms with van der Waals surface area (Å²) in [6.45, 7) is 0.396. The maximum Gasteiger partial charge on any atom is 0.254 e. The average molecular weight is 413 g/mol. The van der Waals surface area contributed by atoms with Crippen LogP contribution in [0.3, 0.4) is 0 Å². The largest absolute Gasteiger partial charge is 0.497 e. The highest BCUT2D eigenvalue weighted by atomic mass is 19.1. The van der Waals surface area contributed by atoms with Crippen molar-refractivity contribution in [3.05, 3.63) is 59.4 Å². The van der Waals surface area contributed by atoms with Gasteiger partial charge in [0, 0.05) is 23.6 Å². The SMILES string of the molecule is COc1ccc(OC)c([C@H]2[C@H]3CCCC[C@@]3(O)CCN2C(=O)c2cccc(F)c2)c1. The van der Waals surface area contributed by atoms with E-state index in [2.05, 4.69) is 0 Å². The highest BCUT2D eigenvalue weighted by Gasteiger charge is 2.51. The minimum absolute atomic E-state index is 0.126. The third kappa shape index (κ3) is 3.65. The molecule has 0 unspecified atom stereocenters. The fraction of sp³-hybridized carbons (Fsp3) is 0.458. The van der Waals surface area contributed by atoms with E-state index in [1.807, 2.05) is 18.2 Å². The van der Waals surface area contributed by atoms with Gasteiger partial charge in [-0.25, -0.2) is 4.39 Å². The number of amides is 1. The number of benzene rings is 2. The molecule has 3 atom stereocenters. The number of halogens is 1. The monoisotopic (exact) mass is 413 g/mol. The molecule has 2 aromatic rings. The van der Waals surface area contributed by atoms with Gasteiger partial charge >= 0.3 is 0 Å². The van der Waals surface area contributed by atoms with Crippen molar-refractivity contribution in [2.24, 2.45) is 5.92 Å². The lowest BCUT2D eigenvalue weighted by Crippen LogP contribution is -2.56. The number of carbonyl (C=O) groups is 1. The average Bonchev–Trinajstić information content (AvgIpc) is 2.77. The molecule has 30 heavy (non-hydrogen) atoms. The van der Waals surface area contributed by atoms with Crippen molar-refractivity contribution in [3.63, 3.8) is 0 Å². The van der Waals surface area contributed by atoms with E-state index in [1.165, 1.54) is 12.1 Å². The van der Waals surface area contributed by atoms with Crippen LogP contribution in [-0.2, 0) is 0 Å².